The van der Waals surface area contributed by atoms with E-state index in [-0.39, 0.29) is 23.5 Å². The van der Waals surface area contributed by atoms with E-state index >= 15 is 0 Å². The molecule has 1 aromatic carbocycles. The van der Waals surface area contributed by atoms with Gasteiger partial charge < -0.3 is 4.90 Å². The Morgan fingerprint density at radius 2 is 1.96 bits per heavy atom. The molecule has 1 aromatic heterocycles. The van der Waals surface area contributed by atoms with Crippen molar-refractivity contribution in [2.75, 3.05) is 18.1 Å². The van der Waals surface area contributed by atoms with Crippen molar-refractivity contribution < 1.29 is 13.2 Å². The van der Waals surface area contributed by atoms with E-state index < -0.39 is 9.84 Å². The fourth-order valence-corrected chi connectivity index (χ4v) is 5.33. The molecular weight excluding hydrogens is 362 g/mol. The van der Waals surface area contributed by atoms with Crippen molar-refractivity contribution in [3.05, 3.63) is 47.3 Å². The lowest BCUT2D eigenvalue weighted by Gasteiger charge is -2.28. The van der Waals surface area contributed by atoms with Crippen molar-refractivity contribution in [3.63, 3.8) is 0 Å². The van der Waals surface area contributed by atoms with E-state index in [0.29, 0.717) is 18.5 Å². The zero-order valence-corrected chi connectivity index (χ0v) is 17.0. The molecule has 6 nitrogen and oxygen atoms in total. The smallest absolute Gasteiger partial charge is 0.254 e. The van der Waals surface area contributed by atoms with Gasteiger partial charge in [0.25, 0.3) is 5.91 Å². The molecule has 0 saturated carbocycles. The molecule has 1 aliphatic rings. The number of aromatic nitrogens is 2. The van der Waals surface area contributed by atoms with Crippen LogP contribution < -0.4 is 0 Å². The Morgan fingerprint density at radius 1 is 1.26 bits per heavy atom. The van der Waals surface area contributed by atoms with E-state index in [4.69, 9.17) is 0 Å². The first-order valence-corrected chi connectivity index (χ1v) is 11.3. The molecule has 1 fully saturated rings. The van der Waals surface area contributed by atoms with Gasteiger partial charge in [0.2, 0.25) is 0 Å². The highest BCUT2D eigenvalue weighted by atomic mass is 32.2. The molecule has 27 heavy (non-hydrogen) atoms. The summed E-state index contributed by atoms with van der Waals surface area (Å²) in [5.74, 6) is 0.155. The van der Waals surface area contributed by atoms with Crippen LogP contribution >= 0.6 is 0 Å². The van der Waals surface area contributed by atoms with Crippen molar-refractivity contribution in [2.45, 2.75) is 46.1 Å². The van der Waals surface area contributed by atoms with Gasteiger partial charge in [0.05, 0.1) is 22.9 Å². The predicted octanol–water partition coefficient (Wildman–Crippen LogP) is 2.92. The average Bonchev–Trinajstić information content (AvgIpc) is 3.16. The van der Waals surface area contributed by atoms with E-state index in [1.54, 1.807) is 17.0 Å². The number of carbonyl (C=O) groups is 1. The first-order chi connectivity index (χ1) is 12.8. The molecule has 3 rings (SSSR count). The molecule has 1 unspecified atom stereocenters. The minimum absolute atomic E-state index is 0.0757. The standard InChI is InChI=1S/C20H27N3O3S/c1-4-5-11-22(19-10-12-27(25,26)14-19)20(24)17-6-8-18(9-7-17)23-16(3)13-15(2)21-23/h6-9,13,19H,4-5,10-12,14H2,1-3H3. The highest BCUT2D eigenvalue weighted by Crippen LogP contribution is 2.21. The van der Waals surface area contributed by atoms with E-state index in [1.807, 2.05) is 36.7 Å². The summed E-state index contributed by atoms with van der Waals surface area (Å²) in [6.07, 6.45) is 2.36. The molecule has 2 heterocycles. The quantitative estimate of drug-likeness (QED) is 0.761. The Kier molecular flexibility index (Phi) is 5.69. The SMILES string of the molecule is CCCCN(C(=O)c1ccc(-n2nc(C)cc2C)cc1)C1CCS(=O)(=O)C1. The van der Waals surface area contributed by atoms with Crippen LogP contribution in [0.2, 0.25) is 0 Å². The molecule has 1 saturated heterocycles. The van der Waals surface area contributed by atoms with Crippen molar-refractivity contribution in [1.82, 2.24) is 14.7 Å². The Hall–Kier alpha value is -2.15. The van der Waals surface area contributed by atoms with Crippen LogP contribution in [0.3, 0.4) is 0 Å². The number of rotatable bonds is 6. The molecular formula is C20H27N3O3S. The highest BCUT2D eigenvalue weighted by Gasteiger charge is 2.34. The van der Waals surface area contributed by atoms with Gasteiger partial charge in [-0.15, -0.1) is 0 Å². The number of unbranched alkanes of at least 4 members (excludes halogenated alkanes) is 1. The zero-order chi connectivity index (χ0) is 19.6. The van der Waals surface area contributed by atoms with Crippen LogP contribution in [0.15, 0.2) is 30.3 Å². The normalized spacial score (nSPS) is 18.6. The summed E-state index contributed by atoms with van der Waals surface area (Å²) in [6, 6.07) is 9.16. The maximum atomic E-state index is 13.1. The number of sulfone groups is 1. The minimum Gasteiger partial charge on any atom is -0.335 e. The minimum atomic E-state index is -3.03. The molecule has 0 bridgehead atoms. The molecule has 146 valence electrons. The van der Waals surface area contributed by atoms with Crippen LogP contribution in [0.4, 0.5) is 0 Å². The van der Waals surface area contributed by atoms with Crippen LogP contribution in [0.5, 0.6) is 0 Å². The number of carbonyl (C=O) groups excluding carboxylic acids is 1. The van der Waals surface area contributed by atoms with Gasteiger partial charge in [0, 0.05) is 23.8 Å². The van der Waals surface area contributed by atoms with Gasteiger partial charge in [-0.2, -0.15) is 5.10 Å². The topological polar surface area (TPSA) is 72.3 Å². The number of nitrogens with zero attached hydrogens (tertiary/aromatic N) is 3. The van der Waals surface area contributed by atoms with Crippen LogP contribution in [-0.4, -0.2) is 53.1 Å². The number of benzene rings is 1. The summed E-state index contributed by atoms with van der Waals surface area (Å²) in [4.78, 5) is 14.8. The van der Waals surface area contributed by atoms with E-state index in [9.17, 15) is 13.2 Å². The summed E-state index contributed by atoms with van der Waals surface area (Å²) in [6.45, 7) is 6.60. The van der Waals surface area contributed by atoms with Gasteiger partial charge in [-0.25, -0.2) is 13.1 Å². The largest absolute Gasteiger partial charge is 0.335 e. The molecule has 1 aliphatic heterocycles. The molecule has 1 amide bonds. The van der Waals surface area contributed by atoms with Crippen molar-refractivity contribution in [3.8, 4) is 5.69 Å². The fourth-order valence-electron chi connectivity index (χ4n) is 3.60. The lowest BCUT2D eigenvalue weighted by atomic mass is 10.1. The maximum Gasteiger partial charge on any atom is 0.254 e. The Balaban J connectivity index is 1.82. The van der Waals surface area contributed by atoms with Crippen molar-refractivity contribution in [1.29, 1.82) is 0 Å². The van der Waals surface area contributed by atoms with Crippen LogP contribution in [0.1, 0.15) is 47.9 Å². The fraction of sp³-hybridized carbons (Fsp3) is 0.500. The number of aryl methyl sites for hydroxylation is 2. The third kappa shape index (κ3) is 4.40. The second-order valence-corrected chi connectivity index (χ2v) is 9.52. The summed E-state index contributed by atoms with van der Waals surface area (Å²) < 4.78 is 25.6. The van der Waals surface area contributed by atoms with Crippen LogP contribution in [0, 0.1) is 13.8 Å². The molecule has 7 heteroatoms. The lowest BCUT2D eigenvalue weighted by Crippen LogP contribution is -2.41. The number of hydrogen-bond donors (Lipinski definition) is 0. The summed E-state index contributed by atoms with van der Waals surface area (Å²) in [5.41, 5.74) is 3.47. The summed E-state index contributed by atoms with van der Waals surface area (Å²) in [7, 11) is -3.03. The third-order valence-electron chi connectivity index (χ3n) is 5.03. The van der Waals surface area contributed by atoms with E-state index in [1.165, 1.54) is 0 Å². The van der Waals surface area contributed by atoms with Gasteiger partial charge in [0.1, 0.15) is 0 Å². The maximum absolute atomic E-state index is 13.1. The van der Waals surface area contributed by atoms with Crippen LogP contribution in [0.25, 0.3) is 5.69 Å². The van der Waals surface area contributed by atoms with Gasteiger partial charge >= 0.3 is 0 Å². The average molecular weight is 390 g/mol. The second-order valence-electron chi connectivity index (χ2n) is 7.29. The summed E-state index contributed by atoms with van der Waals surface area (Å²) in [5, 5.41) is 4.46. The second kappa shape index (κ2) is 7.84. The van der Waals surface area contributed by atoms with E-state index in [0.717, 1.165) is 29.9 Å². The number of amides is 1. The first-order valence-electron chi connectivity index (χ1n) is 9.46. The third-order valence-corrected chi connectivity index (χ3v) is 6.78. The van der Waals surface area contributed by atoms with Gasteiger partial charge in [0.15, 0.2) is 9.84 Å². The monoisotopic (exact) mass is 389 g/mol. The first kappa shape index (κ1) is 19.6. The molecule has 2 aromatic rings. The number of hydrogen-bond acceptors (Lipinski definition) is 4. The summed E-state index contributed by atoms with van der Waals surface area (Å²) >= 11 is 0. The Bertz CT molecular complexity index is 916. The molecule has 0 spiro atoms. The van der Waals surface area contributed by atoms with Crippen molar-refractivity contribution >= 4 is 15.7 Å². The Labute approximate surface area is 161 Å². The van der Waals surface area contributed by atoms with Crippen molar-refractivity contribution in [2.24, 2.45) is 0 Å². The van der Waals surface area contributed by atoms with Crippen LogP contribution in [-0.2, 0) is 9.84 Å². The van der Waals surface area contributed by atoms with Gasteiger partial charge in [-0.05, 0) is 57.0 Å². The molecule has 0 aliphatic carbocycles. The molecule has 1 atom stereocenters. The van der Waals surface area contributed by atoms with Gasteiger partial charge in [-0.3, -0.25) is 4.79 Å². The van der Waals surface area contributed by atoms with Gasteiger partial charge in [-0.1, -0.05) is 13.3 Å². The zero-order valence-electron chi connectivity index (χ0n) is 16.2. The highest BCUT2D eigenvalue weighted by molar-refractivity contribution is 7.91. The lowest BCUT2D eigenvalue weighted by molar-refractivity contribution is 0.0694. The molecule has 0 radical (unpaired) electrons. The van der Waals surface area contributed by atoms with E-state index in [2.05, 4.69) is 12.0 Å². The predicted molar refractivity (Wildman–Crippen MR) is 106 cm³/mol. The Morgan fingerprint density at radius 3 is 2.48 bits per heavy atom. The molecule has 0 N–H and O–H groups in total.